The molecule has 9 nitrogen and oxygen atoms in total. The second kappa shape index (κ2) is 18.9. The fraction of sp³-hybridized carbons (Fsp3) is 0.355. The molecule has 1 fully saturated rings. The number of aromatic amines is 2. The fourth-order valence-corrected chi connectivity index (χ4v) is 3.94. The van der Waals surface area contributed by atoms with Crippen molar-refractivity contribution in [2.45, 2.75) is 46.1 Å². The van der Waals surface area contributed by atoms with Gasteiger partial charge in [-0.3, -0.25) is 9.78 Å². The van der Waals surface area contributed by atoms with E-state index in [1.807, 2.05) is 68.3 Å². The summed E-state index contributed by atoms with van der Waals surface area (Å²) in [6, 6.07) is 11.8. The molecule has 0 saturated carbocycles. The molecule has 0 unspecified atom stereocenters. The van der Waals surface area contributed by atoms with Gasteiger partial charge in [0.15, 0.2) is 5.82 Å². The number of carbonyl (C=O) groups is 1. The van der Waals surface area contributed by atoms with Crippen LogP contribution in [0.2, 0.25) is 0 Å². The third kappa shape index (κ3) is 10.5. The number of likely N-dealkylation sites (tertiary alicyclic amines) is 1. The normalized spacial score (nSPS) is 13.7. The predicted molar refractivity (Wildman–Crippen MR) is 167 cm³/mol. The van der Waals surface area contributed by atoms with E-state index in [1.54, 1.807) is 24.0 Å². The van der Waals surface area contributed by atoms with Crippen LogP contribution in [0.5, 0.6) is 0 Å². The van der Waals surface area contributed by atoms with E-state index in [0.29, 0.717) is 11.5 Å². The highest BCUT2D eigenvalue weighted by atomic mass is 16.2. The lowest BCUT2D eigenvalue weighted by atomic mass is 10.1. The first-order valence-corrected chi connectivity index (χ1v) is 13.5. The molecule has 1 aliphatic rings. The molecule has 0 bridgehead atoms. The van der Waals surface area contributed by atoms with Gasteiger partial charge in [0, 0.05) is 24.4 Å². The van der Waals surface area contributed by atoms with Gasteiger partial charge in [-0.25, -0.2) is 9.48 Å². The van der Waals surface area contributed by atoms with Crippen LogP contribution in [0.15, 0.2) is 83.1 Å². The van der Waals surface area contributed by atoms with Crippen molar-refractivity contribution >= 4 is 18.0 Å². The Kier molecular flexibility index (Phi) is 16.0. The van der Waals surface area contributed by atoms with Crippen molar-refractivity contribution < 1.29 is 4.79 Å². The van der Waals surface area contributed by atoms with Crippen molar-refractivity contribution in [3.63, 3.8) is 0 Å². The summed E-state index contributed by atoms with van der Waals surface area (Å²) < 4.78 is 1.62. The van der Waals surface area contributed by atoms with Gasteiger partial charge in [-0.2, -0.15) is 0 Å². The molecule has 3 heterocycles. The fourth-order valence-electron chi connectivity index (χ4n) is 3.94. The largest absolute Gasteiger partial charge is 0.384 e. The number of hydrogen-bond acceptors (Lipinski definition) is 6. The molecule has 2 aromatic heterocycles. The van der Waals surface area contributed by atoms with Gasteiger partial charge in [-0.05, 0) is 51.5 Å². The minimum Gasteiger partial charge on any atom is -0.384 e. The molecule has 1 aromatic carbocycles. The van der Waals surface area contributed by atoms with E-state index in [1.165, 1.54) is 6.42 Å². The number of benzene rings is 1. The summed E-state index contributed by atoms with van der Waals surface area (Å²) in [6.45, 7) is 13.9. The number of nitrogens with one attached hydrogen (secondary N) is 3. The maximum absolute atomic E-state index is 12.0. The van der Waals surface area contributed by atoms with Crippen LogP contribution >= 0.6 is 0 Å². The smallest absolute Gasteiger partial charge is 0.343 e. The van der Waals surface area contributed by atoms with Gasteiger partial charge in [0.05, 0.1) is 6.04 Å². The van der Waals surface area contributed by atoms with Crippen LogP contribution in [-0.2, 0) is 4.79 Å². The first-order valence-electron chi connectivity index (χ1n) is 13.5. The lowest BCUT2D eigenvalue weighted by Crippen LogP contribution is -2.35. The Bertz CT molecular complexity index is 1310. The predicted octanol–water partition coefficient (Wildman–Crippen LogP) is 5.30. The van der Waals surface area contributed by atoms with Crippen molar-refractivity contribution in [2.24, 2.45) is 0 Å². The molecular formula is C31H44N6O3. The molecule has 216 valence electrons. The minimum absolute atomic E-state index is 0.103. The molecule has 0 atom stereocenters. The monoisotopic (exact) mass is 548 g/mol. The van der Waals surface area contributed by atoms with Crippen molar-refractivity contribution in [2.75, 3.05) is 32.5 Å². The highest BCUT2D eigenvalue weighted by Gasteiger charge is 2.21. The molecule has 3 N–H and O–H groups in total. The Morgan fingerprint density at radius 2 is 1.77 bits per heavy atom. The van der Waals surface area contributed by atoms with Crippen molar-refractivity contribution in [3.8, 4) is 11.4 Å². The number of aromatic nitrogens is 4. The second-order valence-corrected chi connectivity index (χ2v) is 9.07. The molecule has 40 heavy (non-hydrogen) atoms. The maximum atomic E-state index is 12.0. The maximum Gasteiger partial charge on any atom is 0.343 e. The molecule has 0 radical (unpaired) electrons. The molecule has 0 aliphatic carbocycles. The Morgan fingerprint density at radius 3 is 2.33 bits per heavy atom. The van der Waals surface area contributed by atoms with Crippen molar-refractivity contribution in [3.05, 3.63) is 99.9 Å². The SMILES string of the molecule is C=C/C=C(\C=C/C)c1c[nH]c(=O)c(NC)c1.C=O.CCC.CN1CCC(n2nc(-c3ccccc3)[nH]c2=O)CC1. The molecule has 1 aliphatic heterocycles. The Balaban J connectivity index is 0.000000349. The molecule has 1 saturated heterocycles. The van der Waals surface area contributed by atoms with Gasteiger partial charge < -0.3 is 20.0 Å². The van der Waals surface area contributed by atoms with E-state index in [9.17, 15) is 9.59 Å². The third-order valence-corrected chi connectivity index (χ3v) is 5.87. The number of piperidine rings is 1. The van der Waals surface area contributed by atoms with Gasteiger partial charge in [0.2, 0.25) is 0 Å². The molecule has 9 heteroatoms. The number of H-pyrrole nitrogens is 2. The van der Waals surface area contributed by atoms with Crippen LogP contribution in [0, 0.1) is 0 Å². The van der Waals surface area contributed by atoms with Crippen molar-refractivity contribution in [1.82, 2.24) is 24.6 Å². The number of hydrogen-bond donors (Lipinski definition) is 3. The van der Waals surface area contributed by atoms with E-state index in [-0.39, 0.29) is 17.3 Å². The zero-order valence-corrected chi connectivity index (χ0v) is 24.4. The summed E-state index contributed by atoms with van der Waals surface area (Å²) in [6.07, 6.45) is 12.4. The van der Waals surface area contributed by atoms with E-state index < -0.39 is 0 Å². The van der Waals surface area contributed by atoms with Gasteiger partial charge in [0.25, 0.3) is 5.56 Å². The van der Waals surface area contributed by atoms with Crippen LogP contribution < -0.4 is 16.6 Å². The number of nitrogens with zero attached hydrogens (tertiary/aromatic N) is 3. The number of carbonyl (C=O) groups excluding carboxylic acids is 1. The summed E-state index contributed by atoms with van der Waals surface area (Å²) >= 11 is 0. The first-order chi connectivity index (χ1) is 19.4. The summed E-state index contributed by atoms with van der Waals surface area (Å²) in [7, 11) is 3.83. The minimum atomic E-state index is -0.121. The van der Waals surface area contributed by atoms with Crippen LogP contribution in [0.4, 0.5) is 5.69 Å². The average Bonchev–Trinajstić information content (AvgIpc) is 3.37. The van der Waals surface area contributed by atoms with Gasteiger partial charge in [-0.15, -0.1) is 5.10 Å². The highest BCUT2D eigenvalue weighted by Crippen LogP contribution is 2.21. The number of allylic oxidation sites excluding steroid dienone is 5. The average molecular weight is 549 g/mol. The Morgan fingerprint density at radius 1 is 1.15 bits per heavy atom. The summed E-state index contributed by atoms with van der Waals surface area (Å²) in [5.74, 6) is 0.657. The molecule has 3 aromatic rings. The summed E-state index contributed by atoms with van der Waals surface area (Å²) in [4.78, 5) is 39.2. The Hall–Kier alpha value is -4.24. The van der Waals surface area contributed by atoms with E-state index in [0.717, 1.165) is 42.6 Å². The lowest BCUT2D eigenvalue weighted by molar-refractivity contribution is -0.0980. The van der Waals surface area contributed by atoms with Crippen molar-refractivity contribution in [1.29, 1.82) is 0 Å². The molecule has 4 rings (SSSR count). The van der Waals surface area contributed by atoms with Crippen LogP contribution in [0.1, 0.15) is 51.6 Å². The topological polar surface area (TPSA) is 116 Å². The van der Waals surface area contributed by atoms with E-state index in [4.69, 9.17) is 4.79 Å². The zero-order chi connectivity index (χ0) is 29.9. The van der Waals surface area contributed by atoms with Gasteiger partial charge in [-0.1, -0.05) is 81.5 Å². The lowest BCUT2D eigenvalue weighted by Gasteiger charge is -2.28. The third-order valence-electron chi connectivity index (χ3n) is 5.87. The Labute approximate surface area is 237 Å². The number of pyridine rings is 1. The van der Waals surface area contributed by atoms with E-state index in [2.05, 4.69) is 52.8 Å². The van der Waals surface area contributed by atoms with Crippen LogP contribution in [-0.4, -0.2) is 58.6 Å². The highest BCUT2D eigenvalue weighted by molar-refractivity contribution is 5.76. The number of anilines is 1. The first kappa shape index (κ1) is 33.8. The molecular weight excluding hydrogens is 504 g/mol. The summed E-state index contributed by atoms with van der Waals surface area (Å²) in [5, 5.41) is 7.31. The molecule has 0 amide bonds. The second-order valence-electron chi connectivity index (χ2n) is 9.07. The molecule has 0 spiro atoms. The zero-order valence-electron chi connectivity index (χ0n) is 24.4. The van der Waals surface area contributed by atoms with E-state index >= 15 is 0 Å². The number of rotatable bonds is 6. The van der Waals surface area contributed by atoms with Gasteiger partial charge >= 0.3 is 5.69 Å². The van der Waals surface area contributed by atoms with Crippen LogP contribution in [0.25, 0.3) is 17.0 Å². The van der Waals surface area contributed by atoms with Crippen LogP contribution in [0.3, 0.4) is 0 Å². The summed E-state index contributed by atoms with van der Waals surface area (Å²) in [5.41, 5.74) is 3.23. The quantitative estimate of drug-likeness (QED) is 0.360. The standard InChI is InChI=1S/C14H18N4O.C13H16N2O.C3H8.CH2O/c1-17-9-7-12(8-10-17)18-14(19)15-13(16-18)11-5-3-2-4-6-11;1-4-6-10(7-5-2)11-8-12(14-3)13(16)15-9-11;1-3-2;1-2/h2-6,12H,7-10H2,1H3,(H,15,16,19);4-9,14H,1H2,2-3H3,(H,15,16);3H2,1-2H3;1H2/b;7-5-,10-6+;;. The van der Waals surface area contributed by atoms with Gasteiger partial charge in [0.1, 0.15) is 12.5 Å².